The third-order valence-electron chi connectivity index (χ3n) is 2.91. The SMILES string of the molecule is OCC(O)CSCC(O)CC1CCCC1. The number of hydrogen-bond donors (Lipinski definition) is 3. The Bertz CT molecular complexity index is 160. The van der Waals surface area contributed by atoms with Gasteiger partial charge in [0.25, 0.3) is 0 Å². The molecule has 0 aliphatic heterocycles. The summed E-state index contributed by atoms with van der Waals surface area (Å²) in [5.41, 5.74) is 0. The molecule has 1 aliphatic rings. The van der Waals surface area contributed by atoms with E-state index >= 15 is 0 Å². The first-order valence-electron chi connectivity index (χ1n) is 5.77. The Morgan fingerprint density at radius 3 is 2.27 bits per heavy atom. The summed E-state index contributed by atoms with van der Waals surface area (Å²) in [6, 6.07) is 0. The van der Waals surface area contributed by atoms with E-state index in [0.717, 1.165) is 6.42 Å². The molecule has 0 aromatic carbocycles. The minimum absolute atomic E-state index is 0.189. The largest absolute Gasteiger partial charge is 0.394 e. The van der Waals surface area contributed by atoms with Gasteiger partial charge in [0.15, 0.2) is 0 Å². The third-order valence-corrected chi connectivity index (χ3v) is 4.15. The molecular formula is C11H22O3S. The average Bonchev–Trinajstić information content (AvgIpc) is 2.70. The standard InChI is InChI=1S/C11H22O3S/c12-6-11(14)8-15-7-10(13)5-9-3-1-2-4-9/h9-14H,1-8H2. The van der Waals surface area contributed by atoms with Crippen LogP contribution >= 0.6 is 11.8 Å². The van der Waals surface area contributed by atoms with Crippen molar-refractivity contribution in [2.45, 2.75) is 44.3 Å². The molecule has 1 rings (SSSR count). The molecule has 0 aromatic rings. The first kappa shape index (κ1) is 13.3. The first-order valence-corrected chi connectivity index (χ1v) is 6.92. The van der Waals surface area contributed by atoms with E-state index in [-0.39, 0.29) is 12.7 Å². The number of thioether (sulfide) groups is 1. The molecule has 1 aliphatic carbocycles. The zero-order valence-corrected chi connectivity index (χ0v) is 9.96. The van der Waals surface area contributed by atoms with Crippen LogP contribution in [-0.4, -0.2) is 45.6 Å². The Hall–Kier alpha value is 0.230. The van der Waals surface area contributed by atoms with E-state index < -0.39 is 6.10 Å². The van der Waals surface area contributed by atoms with E-state index in [4.69, 9.17) is 10.2 Å². The van der Waals surface area contributed by atoms with Crippen LogP contribution in [0.1, 0.15) is 32.1 Å². The minimum Gasteiger partial charge on any atom is -0.394 e. The van der Waals surface area contributed by atoms with Crippen LogP contribution in [0.15, 0.2) is 0 Å². The van der Waals surface area contributed by atoms with Gasteiger partial charge in [-0.05, 0) is 12.3 Å². The molecule has 0 radical (unpaired) electrons. The predicted octanol–water partition coefficient (Wildman–Crippen LogP) is 1.01. The van der Waals surface area contributed by atoms with Gasteiger partial charge in [-0.25, -0.2) is 0 Å². The summed E-state index contributed by atoms with van der Waals surface area (Å²) >= 11 is 1.52. The van der Waals surface area contributed by atoms with Gasteiger partial charge in [-0.15, -0.1) is 0 Å². The van der Waals surface area contributed by atoms with Crippen LogP contribution in [0.3, 0.4) is 0 Å². The van der Waals surface area contributed by atoms with Crippen molar-refractivity contribution in [2.24, 2.45) is 5.92 Å². The van der Waals surface area contributed by atoms with Crippen molar-refractivity contribution in [2.75, 3.05) is 18.1 Å². The van der Waals surface area contributed by atoms with Gasteiger partial charge in [-0.2, -0.15) is 11.8 Å². The summed E-state index contributed by atoms with van der Waals surface area (Å²) in [5, 5.41) is 27.4. The van der Waals surface area contributed by atoms with Crippen LogP contribution < -0.4 is 0 Å². The van der Waals surface area contributed by atoms with E-state index in [1.54, 1.807) is 0 Å². The van der Waals surface area contributed by atoms with Crippen LogP contribution in [-0.2, 0) is 0 Å². The molecule has 0 bridgehead atoms. The molecule has 1 saturated carbocycles. The lowest BCUT2D eigenvalue weighted by Crippen LogP contribution is -2.19. The molecular weight excluding hydrogens is 212 g/mol. The number of aliphatic hydroxyl groups excluding tert-OH is 3. The average molecular weight is 234 g/mol. The van der Waals surface area contributed by atoms with Gasteiger partial charge in [0.1, 0.15) is 0 Å². The molecule has 0 amide bonds. The molecule has 4 heteroatoms. The summed E-state index contributed by atoms with van der Waals surface area (Å²) in [6.45, 7) is -0.189. The first-order chi connectivity index (χ1) is 7.22. The van der Waals surface area contributed by atoms with Crippen molar-refractivity contribution >= 4 is 11.8 Å². The van der Waals surface area contributed by atoms with Crippen molar-refractivity contribution in [1.82, 2.24) is 0 Å². The van der Waals surface area contributed by atoms with E-state index in [2.05, 4.69) is 0 Å². The Morgan fingerprint density at radius 1 is 1.07 bits per heavy atom. The van der Waals surface area contributed by atoms with E-state index in [9.17, 15) is 5.11 Å². The van der Waals surface area contributed by atoms with Crippen molar-refractivity contribution < 1.29 is 15.3 Å². The highest BCUT2D eigenvalue weighted by Crippen LogP contribution is 2.29. The maximum absolute atomic E-state index is 9.73. The van der Waals surface area contributed by atoms with Gasteiger partial charge in [0.2, 0.25) is 0 Å². The second kappa shape index (κ2) is 7.49. The van der Waals surface area contributed by atoms with Crippen molar-refractivity contribution in [3.8, 4) is 0 Å². The molecule has 1 fully saturated rings. The maximum atomic E-state index is 9.73. The minimum atomic E-state index is -0.645. The zero-order chi connectivity index (χ0) is 11.1. The molecule has 0 spiro atoms. The molecule has 15 heavy (non-hydrogen) atoms. The van der Waals surface area contributed by atoms with Gasteiger partial charge in [-0.3, -0.25) is 0 Å². The van der Waals surface area contributed by atoms with Crippen molar-refractivity contribution in [3.63, 3.8) is 0 Å². The third kappa shape index (κ3) is 5.76. The molecule has 3 nitrogen and oxygen atoms in total. The Kier molecular flexibility index (Phi) is 6.64. The predicted molar refractivity (Wildman–Crippen MR) is 63.0 cm³/mol. The van der Waals surface area contributed by atoms with Gasteiger partial charge < -0.3 is 15.3 Å². The summed E-state index contributed by atoms with van der Waals surface area (Å²) in [5.74, 6) is 1.90. The van der Waals surface area contributed by atoms with Gasteiger partial charge >= 0.3 is 0 Å². The van der Waals surface area contributed by atoms with E-state index in [1.165, 1.54) is 37.4 Å². The van der Waals surface area contributed by atoms with Crippen LogP contribution in [0, 0.1) is 5.92 Å². The highest BCUT2D eigenvalue weighted by molar-refractivity contribution is 7.99. The van der Waals surface area contributed by atoms with E-state index in [1.807, 2.05) is 0 Å². The monoisotopic (exact) mass is 234 g/mol. The zero-order valence-electron chi connectivity index (χ0n) is 9.14. The summed E-state index contributed by atoms with van der Waals surface area (Å²) in [6.07, 6.45) is 5.17. The lowest BCUT2D eigenvalue weighted by Gasteiger charge is -2.15. The van der Waals surface area contributed by atoms with Gasteiger partial charge in [0.05, 0.1) is 18.8 Å². The Labute approximate surface area is 95.9 Å². The molecule has 90 valence electrons. The topological polar surface area (TPSA) is 60.7 Å². The fourth-order valence-electron chi connectivity index (χ4n) is 2.09. The lowest BCUT2D eigenvalue weighted by atomic mass is 10.0. The number of aliphatic hydroxyl groups is 3. The summed E-state index contributed by atoms with van der Waals surface area (Å²) < 4.78 is 0. The molecule has 3 N–H and O–H groups in total. The molecule has 0 saturated heterocycles. The maximum Gasteiger partial charge on any atom is 0.0861 e. The van der Waals surface area contributed by atoms with Gasteiger partial charge in [0, 0.05) is 11.5 Å². The summed E-state index contributed by atoms with van der Waals surface area (Å²) in [7, 11) is 0. The number of rotatable bonds is 7. The van der Waals surface area contributed by atoms with Crippen molar-refractivity contribution in [3.05, 3.63) is 0 Å². The van der Waals surface area contributed by atoms with Crippen LogP contribution in [0.4, 0.5) is 0 Å². The highest BCUT2D eigenvalue weighted by atomic mass is 32.2. The molecule has 0 aromatic heterocycles. The summed E-state index contributed by atoms with van der Waals surface area (Å²) in [4.78, 5) is 0. The van der Waals surface area contributed by atoms with Crippen LogP contribution in [0.5, 0.6) is 0 Å². The molecule has 2 unspecified atom stereocenters. The number of hydrogen-bond acceptors (Lipinski definition) is 4. The fourth-order valence-corrected chi connectivity index (χ4v) is 3.01. The van der Waals surface area contributed by atoms with Crippen LogP contribution in [0.2, 0.25) is 0 Å². The fraction of sp³-hybridized carbons (Fsp3) is 1.00. The Morgan fingerprint density at radius 2 is 1.67 bits per heavy atom. The smallest absolute Gasteiger partial charge is 0.0861 e. The van der Waals surface area contributed by atoms with Crippen molar-refractivity contribution in [1.29, 1.82) is 0 Å². The second-order valence-electron chi connectivity index (χ2n) is 4.41. The molecule has 2 atom stereocenters. The quantitative estimate of drug-likeness (QED) is 0.615. The molecule has 0 heterocycles. The Balaban J connectivity index is 2.00. The van der Waals surface area contributed by atoms with E-state index in [0.29, 0.717) is 17.4 Å². The van der Waals surface area contributed by atoms with Crippen LogP contribution in [0.25, 0.3) is 0 Å². The second-order valence-corrected chi connectivity index (χ2v) is 5.49. The lowest BCUT2D eigenvalue weighted by molar-refractivity contribution is 0.113. The van der Waals surface area contributed by atoms with Gasteiger partial charge in [-0.1, -0.05) is 25.7 Å². The normalized spacial score (nSPS) is 21.8. The highest BCUT2D eigenvalue weighted by Gasteiger charge is 2.18.